The van der Waals surface area contributed by atoms with E-state index in [-0.39, 0.29) is 60.1 Å². The largest absolute Gasteiger partial charge is 0.374 e. The Morgan fingerprint density at radius 1 is 1.02 bits per heavy atom. The van der Waals surface area contributed by atoms with E-state index in [0.717, 1.165) is 12.0 Å². The summed E-state index contributed by atoms with van der Waals surface area (Å²) in [5.41, 5.74) is 0.886. The summed E-state index contributed by atoms with van der Waals surface area (Å²) in [6.45, 7) is 12.1. The molecule has 51 heavy (non-hydrogen) atoms. The number of Topliss-reactive ketones (excluding diaryl/α,β-unsaturated/α-hetero) is 2. The van der Waals surface area contributed by atoms with E-state index in [4.69, 9.17) is 4.74 Å². The summed E-state index contributed by atoms with van der Waals surface area (Å²) < 4.78 is 31.2. The van der Waals surface area contributed by atoms with Crippen LogP contribution in [0.15, 0.2) is 35.7 Å². The molecule has 1 fully saturated rings. The summed E-state index contributed by atoms with van der Waals surface area (Å²) in [7, 11) is 1.54. The Hall–Kier alpha value is -3.00. The van der Waals surface area contributed by atoms with Crippen LogP contribution >= 0.6 is 11.3 Å². The third-order valence-corrected chi connectivity index (χ3v) is 13.2. The number of carbonyl (C=O) groups is 4. The van der Waals surface area contributed by atoms with E-state index in [1.165, 1.54) is 11.3 Å². The lowest BCUT2D eigenvalue weighted by Crippen LogP contribution is -2.47. The van der Waals surface area contributed by atoms with E-state index in [1.54, 1.807) is 31.5 Å². The van der Waals surface area contributed by atoms with Crippen LogP contribution in [0.2, 0.25) is 0 Å². The highest BCUT2D eigenvalue weighted by atomic mass is 32.2. The van der Waals surface area contributed by atoms with Crippen molar-refractivity contribution >= 4 is 44.6 Å². The average molecular weight is 747 g/mol. The maximum atomic E-state index is 14.1. The third kappa shape index (κ3) is 11.8. The van der Waals surface area contributed by atoms with Gasteiger partial charge in [0.2, 0.25) is 5.91 Å². The second-order valence-electron chi connectivity index (χ2n) is 14.7. The Balaban J connectivity index is 1.78. The van der Waals surface area contributed by atoms with E-state index < -0.39 is 50.6 Å². The summed E-state index contributed by atoms with van der Waals surface area (Å²) in [5.74, 6) is -2.13. The van der Waals surface area contributed by atoms with E-state index in [1.807, 2.05) is 71.9 Å². The van der Waals surface area contributed by atoms with Crippen molar-refractivity contribution < 1.29 is 32.3 Å². The van der Waals surface area contributed by atoms with Crippen LogP contribution in [0.4, 0.5) is 0 Å². The summed E-state index contributed by atoms with van der Waals surface area (Å²) in [5, 5.41) is 7.52. The van der Waals surface area contributed by atoms with Crippen molar-refractivity contribution in [2.45, 2.75) is 110 Å². The molecule has 1 heterocycles. The van der Waals surface area contributed by atoms with Gasteiger partial charge in [0, 0.05) is 44.3 Å². The number of carbonyl (C=O) groups excluding carboxylic acids is 4. The molecule has 1 aliphatic rings. The van der Waals surface area contributed by atoms with Gasteiger partial charge in [0.1, 0.15) is 22.6 Å². The molecule has 2 unspecified atom stereocenters. The fourth-order valence-corrected chi connectivity index (χ4v) is 9.13. The number of methoxy groups -OCH3 is 1. The maximum absolute atomic E-state index is 14.1. The fourth-order valence-electron chi connectivity index (χ4n) is 6.56. The maximum Gasteiger partial charge on any atom is 0.271 e. The number of ketones is 2. The number of hydrogen-bond donors (Lipinski definition) is 2. The van der Waals surface area contributed by atoms with Crippen LogP contribution < -0.4 is 10.6 Å². The normalized spacial score (nSPS) is 17.0. The first kappa shape index (κ1) is 42.4. The van der Waals surface area contributed by atoms with Crippen molar-refractivity contribution in [1.29, 1.82) is 0 Å². The molecular weight excluding hydrogens is 689 g/mol. The van der Waals surface area contributed by atoms with Gasteiger partial charge in [0.15, 0.2) is 21.4 Å². The molecule has 0 aliphatic heterocycles. The highest BCUT2D eigenvalue weighted by Crippen LogP contribution is 2.32. The second-order valence-corrected chi connectivity index (χ2v) is 17.8. The number of aromatic nitrogens is 1. The minimum atomic E-state index is -3.57. The summed E-state index contributed by atoms with van der Waals surface area (Å²) >= 11 is 1.24. The lowest BCUT2D eigenvalue weighted by Gasteiger charge is -2.37. The smallest absolute Gasteiger partial charge is 0.271 e. The van der Waals surface area contributed by atoms with Gasteiger partial charge in [0.25, 0.3) is 5.91 Å². The SMILES string of the molecule is CCC(C)[C@H](CC(=O)[C@@H](NC)C(C)C)C(=O)N(C)[C@H](CC(OC)c1nc(C(=O)N[C@@H](Cc2ccccc2)C(=O)CS(=O)(=O)C2CC2)cs1)C(C)C. The zero-order chi connectivity index (χ0) is 38.0. The number of amides is 2. The van der Waals surface area contributed by atoms with Crippen LogP contribution in [0.5, 0.6) is 0 Å². The van der Waals surface area contributed by atoms with Gasteiger partial charge >= 0.3 is 0 Å². The molecule has 0 radical (unpaired) electrons. The van der Waals surface area contributed by atoms with Gasteiger partial charge in [-0.2, -0.15) is 0 Å². The van der Waals surface area contributed by atoms with Gasteiger partial charge in [-0.3, -0.25) is 19.2 Å². The first-order chi connectivity index (χ1) is 24.0. The van der Waals surface area contributed by atoms with Crippen molar-refractivity contribution in [2.75, 3.05) is 27.0 Å². The first-order valence-corrected chi connectivity index (χ1v) is 20.7. The Morgan fingerprint density at radius 3 is 2.20 bits per heavy atom. The molecule has 0 bridgehead atoms. The molecule has 1 aromatic heterocycles. The molecule has 2 N–H and O–H groups in total. The quantitative estimate of drug-likeness (QED) is 0.169. The van der Waals surface area contributed by atoms with Gasteiger partial charge in [-0.15, -0.1) is 11.3 Å². The Labute approximate surface area is 308 Å². The Bertz CT molecular complexity index is 1570. The standard InChI is InChI=1S/C38H58N4O7S2/c1-10-25(6)28(19-32(43)35(39-7)24(4)5)38(46)42(8)31(23(2)3)20-34(49-9)37-41-30(21-50-37)36(45)40-29(18-26-14-12-11-13-15-26)33(44)22-51(47,48)27-16-17-27/h11-15,21,23-25,27-29,31,34-35,39H,10,16-20,22H2,1-9H3,(H,40,45)/t25?,28-,29-,31+,34?,35-/m0/s1. The van der Waals surface area contributed by atoms with Gasteiger partial charge in [-0.1, -0.05) is 78.3 Å². The molecule has 1 aromatic carbocycles. The van der Waals surface area contributed by atoms with Crippen LogP contribution in [-0.4, -0.2) is 92.0 Å². The molecule has 2 aromatic rings. The summed E-state index contributed by atoms with van der Waals surface area (Å²) in [6, 6.07) is 7.51. The van der Waals surface area contributed by atoms with Crippen molar-refractivity contribution in [3.63, 3.8) is 0 Å². The third-order valence-electron chi connectivity index (χ3n) is 10.1. The number of rotatable bonds is 22. The average Bonchev–Trinajstić information content (AvgIpc) is 3.85. The van der Waals surface area contributed by atoms with Crippen LogP contribution in [0.25, 0.3) is 0 Å². The van der Waals surface area contributed by atoms with Crippen molar-refractivity contribution in [2.24, 2.45) is 23.7 Å². The molecule has 11 nitrogen and oxygen atoms in total. The lowest BCUT2D eigenvalue weighted by atomic mass is 9.82. The number of nitrogens with one attached hydrogen (secondary N) is 2. The first-order valence-electron chi connectivity index (χ1n) is 18.1. The van der Waals surface area contributed by atoms with E-state index in [9.17, 15) is 27.6 Å². The van der Waals surface area contributed by atoms with Crippen LogP contribution in [0.1, 0.15) is 101 Å². The molecule has 0 spiro atoms. The van der Waals surface area contributed by atoms with Gasteiger partial charge < -0.3 is 20.3 Å². The second kappa shape index (κ2) is 19.2. The van der Waals surface area contributed by atoms with Crippen molar-refractivity contribution in [1.82, 2.24) is 20.5 Å². The van der Waals surface area contributed by atoms with Gasteiger partial charge in [-0.25, -0.2) is 13.4 Å². The van der Waals surface area contributed by atoms with Crippen molar-refractivity contribution in [3.05, 3.63) is 52.0 Å². The monoisotopic (exact) mass is 746 g/mol. The number of benzene rings is 1. The predicted molar refractivity (Wildman–Crippen MR) is 201 cm³/mol. The minimum absolute atomic E-state index is 0.00560. The van der Waals surface area contributed by atoms with E-state index >= 15 is 0 Å². The van der Waals surface area contributed by atoms with Crippen LogP contribution in [0.3, 0.4) is 0 Å². The van der Waals surface area contributed by atoms with Gasteiger partial charge in [0.05, 0.1) is 17.3 Å². The number of hydrogen-bond acceptors (Lipinski definition) is 10. The van der Waals surface area contributed by atoms with Gasteiger partial charge in [-0.05, 0) is 49.6 Å². The molecule has 2 amide bonds. The van der Waals surface area contributed by atoms with Crippen LogP contribution in [-0.2, 0) is 35.4 Å². The Morgan fingerprint density at radius 2 is 1.67 bits per heavy atom. The van der Waals surface area contributed by atoms with E-state index in [0.29, 0.717) is 24.3 Å². The molecule has 1 saturated carbocycles. The zero-order valence-corrected chi connectivity index (χ0v) is 33.3. The fraction of sp³-hybridized carbons (Fsp3) is 0.658. The van der Waals surface area contributed by atoms with Crippen molar-refractivity contribution in [3.8, 4) is 0 Å². The number of ether oxygens (including phenoxy) is 1. The lowest BCUT2D eigenvalue weighted by molar-refractivity contribution is -0.142. The molecule has 3 rings (SSSR count). The summed E-state index contributed by atoms with van der Waals surface area (Å²) in [6.07, 6.45) is 2.05. The molecule has 13 heteroatoms. The highest BCUT2D eigenvalue weighted by molar-refractivity contribution is 7.93. The zero-order valence-electron chi connectivity index (χ0n) is 31.7. The topological polar surface area (TPSA) is 152 Å². The Kier molecular flexibility index (Phi) is 16.0. The minimum Gasteiger partial charge on any atom is -0.374 e. The number of thiazole rings is 1. The predicted octanol–water partition coefficient (Wildman–Crippen LogP) is 5.06. The number of nitrogens with zero attached hydrogens (tertiary/aromatic N) is 2. The molecule has 6 atom stereocenters. The molecule has 284 valence electrons. The molecular formula is C38H58N4O7S2. The molecule has 1 aliphatic carbocycles. The van der Waals surface area contributed by atoms with Crippen LogP contribution in [0, 0.1) is 23.7 Å². The highest BCUT2D eigenvalue weighted by Gasteiger charge is 2.39. The number of likely N-dealkylation sites (N-methyl/N-ethyl adjacent to an activating group) is 1. The molecule has 0 saturated heterocycles. The van der Waals surface area contributed by atoms with E-state index in [2.05, 4.69) is 15.6 Å². The number of sulfone groups is 1. The summed E-state index contributed by atoms with van der Waals surface area (Å²) in [4.78, 5) is 60.5.